The van der Waals surface area contributed by atoms with E-state index in [1.165, 1.54) is 21.3 Å². The molecule has 3 rings (SSSR count). The number of pyridine rings is 1. The van der Waals surface area contributed by atoms with Crippen LogP contribution in [-0.2, 0) is 22.5 Å². The standard InChI is InChI=1S/C30H34N4O7/c1-8-10-11-13-18(3)29-33-23(34-41-29)16-19(4)40-30(31-5)26-27(35)24(20(17-39-9-2)32-28(26)36)25-21(37-6)14-12-15-22(25)38-7/h8,10-15H,3-4,9,16-17H2,1-2,5-7H3,(H2,32,35,36)/b10-8-,13-11-,31-30?. The number of rotatable bonds is 13. The third-order valence-electron chi connectivity index (χ3n) is 5.75. The van der Waals surface area contributed by atoms with Gasteiger partial charge in [-0.3, -0.25) is 9.79 Å². The van der Waals surface area contributed by atoms with Crippen molar-refractivity contribution in [2.75, 3.05) is 27.9 Å². The second kappa shape index (κ2) is 14.5. The quantitative estimate of drug-likeness (QED) is 0.128. The van der Waals surface area contributed by atoms with Crippen molar-refractivity contribution >= 4 is 11.5 Å². The van der Waals surface area contributed by atoms with Crippen molar-refractivity contribution < 1.29 is 28.6 Å². The van der Waals surface area contributed by atoms with E-state index >= 15 is 0 Å². The lowest BCUT2D eigenvalue weighted by molar-refractivity contribution is 0.131. The summed E-state index contributed by atoms with van der Waals surface area (Å²) in [6.07, 6.45) is 7.31. The lowest BCUT2D eigenvalue weighted by Gasteiger charge is -2.19. The molecule has 0 bridgehead atoms. The normalized spacial score (nSPS) is 11.8. The molecule has 1 aromatic carbocycles. The molecule has 0 saturated heterocycles. The van der Waals surface area contributed by atoms with Crippen molar-refractivity contribution in [3.63, 3.8) is 0 Å². The van der Waals surface area contributed by atoms with Crippen LogP contribution in [0.15, 0.2) is 75.7 Å². The third kappa shape index (κ3) is 7.20. The smallest absolute Gasteiger partial charge is 0.264 e. The first-order valence-electron chi connectivity index (χ1n) is 12.7. The number of aromatic hydroxyl groups is 1. The van der Waals surface area contributed by atoms with Gasteiger partial charge in [-0.15, -0.1) is 0 Å². The van der Waals surface area contributed by atoms with Gasteiger partial charge < -0.3 is 33.6 Å². The molecule has 0 saturated carbocycles. The van der Waals surface area contributed by atoms with Gasteiger partial charge in [0.15, 0.2) is 5.82 Å². The van der Waals surface area contributed by atoms with E-state index in [-0.39, 0.29) is 47.5 Å². The van der Waals surface area contributed by atoms with Gasteiger partial charge in [-0.2, -0.15) is 4.98 Å². The summed E-state index contributed by atoms with van der Waals surface area (Å²) in [6, 6.07) is 5.17. The lowest BCUT2D eigenvalue weighted by atomic mass is 9.98. The number of aromatic amines is 1. The summed E-state index contributed by atoms with van der Waals surface area (Å²) in [5, 5.41) is 15.5. The molecule has 11 heteroatoms. The highest BCUT2D eigenvalue weighted by Crippen LogP contribution is 2.44. The number of aliphatic imine (C=N–C) groups is 1. The third-order valence-corrected chi connectivity index (χ3v) is 5.75. The topological polar surface area (TPSA) is 141 Å². The van der Waals surface area contributed by atoms with E-state index in [1.54, 1.807) is 30.4 Å². The predicted octanol–water partition coefficient (Wildman–Crippen LogP) is 4.98. The summed E-state index contributed by atoms with van der Waals surface area (Å²) in [6.45, 7) is 11.9. The predicted molar refractivity (Wildman–Crippen MR) is 156 cm³/mol. The van der Waals surface area contributed by atoms with Gasteiger partial charge in [0.1, 0.15) is 28.6 Å². The van der Waals surface area contributed by atoms with E-state index in [1.807, 2.05) is 26.0 Å². The van der Waals surface area contributed by atoms with Gasteiger partial charge in [0.05, 0.1) is 44.1 Å². The number of benzene rings is 1. The van der Waals surface area contributed by atoms with E-state index < -0.39 is 11.3 Å². The molecule has 0 aliphatic carbocycles. The van der Waals surface area contributed by atoms with Gasteiger partial charge in [0, 0.05) is 19.2 Å². The first kappa shape index (κ1) is 30.6. The van der Waals surface area contributed by atoms with Crippen molar-refractivity contribution in [1.82, 2.24) is 15.1 Å². The minimum atomic E-state index is -0.644. The lowest BCUT2D eigenvalue weighted by Crippen LogP contribution is -2.23. The summed E-state index contributed by atoms with van der Waals surface area (Å²) >= 11 is 0. The molecule has 11 nitrogen and oxygen atoms in total. The fraction of sp³-hybridized carbons (Fsp3) is 0.267. The van der Waals surface area contributed by atoms with Crippen LogP contribution in [-0.4, -0.2) is 54.0 Å². The molecular formula is C30H34N4O7. The average molecular weight is 563 g/mol. The highest BCUT2D eigenvalue weighted by atomic mass is 16.5. The summed E-state index contributed by atoms with van der Waals surface area (Å²) in [7, 11) is 4.41. The van der Waals surface area contributed by atoms with E-state index in [4.69, 9.17) is 23.5 Å². The molecule has 0 fully saturated rings. The minimum absolute atomic E-state index is 0.0116. The van der Waals surface area contributed by atoms with Crippen molar-refractivity contribution in [2.45, 2.75) is 26.9 Å². The number of aromatic nitrogens is 3. The molecule has 0 unspecified atom stereocenters. The van der Waals surface area contributed by atoms with Crippen LogP contribution in [0.25, 0.3) is 16.7 Å². The maximum atomic E-state index is 13.3. The SMILES string of the molecule is C=C(Cc1noc(C(=C)/C=C\C=C/C)n1)OC(=NC)c1c(O)c(-c2c(OC)cccc2OC)c(COCC)[nH]c1=O. The zero-order valence-corrected chi connectivity index (χ0v) is 23.8. The van der Waals surface area contributed by atoms with Crippen LogP contribution in [0.2, 0.25) is 0 Å². The van der Waals surface area contributed by atoms with E-state index in [2.05, 4.69) is 33.3 Å². The van der Waals surface area contributed by atoms with Crippen LogP contribution >= 0.6 is 0 Å². The molecule has 3 aromatic rings. The average Bonchev–Trinajstić information content (AvgIpc) is 3.43. The molecule has 2 aromatic heterocycles. The van der Waals surface area contributed by atoms with Gasteiger partial charge in [-0.1, -0.05) is 48.7 Å². The Morgan fingerprint density at radius 3 is 2.49 bits per heavy atom. The van der Waals surface area contributed by atoms with E-state index in [0.717, 1.165) is 0 Å². The monoisotopic (exact) mass is 562 g/mol. The van der Waals surface area contributed by atoms with Crippen LogP contribution in [0.1, 0.15) is 36.8 Å². The summed E-state index contributed by atoms with van der Waals surface area (Å²) in [5.74, 6) is 0.927. The second-order valence-corrected chi connectivity index (χ2v) is 8.48. The maximum Gasteiger partial charge on any atom is 0.264 e. The number of ether oxygens (including phenoxy) is 4. The molecule has 2 N–H and O–H groups in total. The van der Waals surface area contributed by atoms with Crippen LogP contribution in [0.4, 0.5) is 0 Å². The Morgan fingerprint density at radius 1 is 1.17 bits per heavy atom. The van der Waals surface area contributed by atoms with Gasteiger partial charge in [0.2, 0.25) is 5.90 Å². The van der Waals surface area contributed by atoms with Crippen LogP contribution in [0.5, 0.6) is 17.2 Å². The van der Waals surface area contributed by atoms with Crippen LogP contribution in [0, 0.1) is 0 Å². The fourth-order valence-corrected chi connectivity index (χ4v) is 3.88. The molecule has 0 atom stereocenters. The fourth-order valence-electron chi connectivity index (χ4n) is 3.88. The molecule has 0 aliphatic heterocycles. The van der Waals surface area contributed by atoms with Crippen LogP contribution in [0.3, 0.4) is 0 Å². The molecule has 216 valence electrons. The zero-order chi connectivity index (χ0) is 29.9. The number of H-pyrrole nitrogens is 1. The molecule has 2 heterocycles. The zero-order valence-electron chi connectivity index (χ0n) is 23.8. The van der Waals surface area contributed by atoms with Crippen molar-refractivity contribution in [1.29, 1.82) is 0 Å². The maximum absolute atomic E-state index is 13.3. The molecular weight excluding hydrogens is 528 g/mol. The van der Waals surface area contributed by atoms with Gasteiger partial charge in [-0.05, 0) is 26.0 Å². The Labute approximate surface area is 238 Å². The minimum Gasteiger partial charge on any atom is -0.506 e. The Balaban J connectivity index is 1.99. The largest absolute Gasteiger partial charge is 0.506 e. The summed E-state index contributed by atoms with van der Waals surface area (Å²) in [5.41, 5.74) is 0.650. The highest BCUT2D eigenvalue weighted by Gasteiger charge is 2.28. The summed E-state index contributed by atoms with van der Waals surface area (Å²) < 4.78 is 27.8. The number of hydrogen-bond acceptors (Lipinski definition) is 10. The number of nitrogens with one attached hydrogen (secondary N) is 1. The molecule has 0 aliphatic rings. The molecule has 0 amide bonds. The summed E-state index contributed by atoms with van der Waals surface area (Å²) in [4.78, 5) is 24.5. The Morgan fingerprint density at radius 2 is 1.88 bits per heavy atom. The number of allylic oxidation sites excluding steroid dienone is 6. The first-order valence-corrected chi connectivity index (χ1v) is 12.7. The number of methoxy groups -OCH3 is 2. The Kier molecular flexibility index (Phi) is 10.8. The Hall–Kier alpha value is -4.90. The van der Waals surface area contributed by atoms with E-state index in [9.17, 15) is 9.90 Å². The Bertz CT molecular complexity index is 1520. The van der Waals surface area contributed by atoms with Gasteiger partial charge in [0.25, 0.3) is 11.4 Å². The van der Waals surface area contributed by atoms with Crippen molar-refractivity contribution in [3.8, 4) is 28.4 Å². The van der Waals surface area contributed by atoms with Gasteiger partial charge in [-0.25, -0.2) is 0 Å². The number of nitrogens with zero attached hydrogens (tertiary/aromatic N) is 3. The molecule has 0 spiro atoms. The van der Waals surface area contributed by atoms with Gasteiger partial charge >= 0.3 is 0 Å². The highest BCUT2D eigenvalue weighted by molar-refractivity contribution is 6.00. The second-order valence-electron chi connectivity index (χ2n) is 8.48. The van der Waals surface area contributed by atoms with E-state index in [0.29, 0.717) is 34.9 Å². The van der Waals surface area contributed by atoms with Crippen molar-refractivity contribution in [3.05, 3.63) is 94.7 Å². The molecule has 41 heavy (non-hydrogen) atoms. The molecule has 0 radical (unpaired) electrons. The number of hydrogen-bond donors (Lipinski definition) is 2. The van der Waals surface area contributed by atoms with Crippen molar-refractivity contribution in [2.24, 2.45) is 4.99 Å². The first-order chi connectivity index (χ1) is 19.8. The van der Waals surface area contributed by atoms with Crippen LogP contribution < -0.4 is 15.0 Å².